The van der Waals surface area contributed by atoms with Crippen molar-refractivity contribution in [1.29, 1.82) is 0 Å². The third-order valence-electron chi connectivity index (χ3n) is 3.80. The molecule has 0 radical (unpaired) electrons. The van der Waals surface area contributed by atoms with E-state index in [-0.39, 0.29) is 23.1 Å². The quantitative estimate of drug-likeness (QED) is 0.921. The molecule has 0 saturated heterocycles. The number of amides is 1. The lowest BCUT2D eigenvalue weighted by Crippen LogP contribution is -2.31. The van der Waals surface area contributed by atoms with E-state index in [1.807, 2.05) is 30.3 Å². The Kier molecular flexibility index (Phi) is 5.11. The molecule has 5 nitrogen and oxygen atoms in total. The number of aromatic carboxylic acids is 1. The van der Waals surface area contributed by atoms with E-state index in [0.717, 1.165) is 5.56 Å². The number of aryl methyl sites for hydroxylation is 1. The van der Waals surface area contributed by atoms with Crippen LogP contribution in [0.15, 0.2) is 42.5 Å². The van der Waals surface area contributed by atoms with Gasteiger partial charge in [-0.05, 0) is 30.5 Å². The predicted octanol–water partition coefficient (Wildman–Crippen LogP) is 2.96. The monoisotopic (exact) mass is 312 g/mol. The Bertz CT molecular complexity index is 713. The van der Waals surface area contributed by atoms with Crippen LogP contribution < -0.4 is 0 Å². The van der Waals surface area contributed by atoms with Crippen molar-refractivity contribution in [3.8, 4) is 0 Å². The third-order valence-corrected chi connectivity index (χ3v) is 3.80. The van der Waals surface area contributed by atoms with Crippen LogP contribution in [0.1, 0.15) is 44.9 Å². The van der Waals surface area contributed by atoms with Gasteiger partial charge in [-0.1, -0.05) is 37.3 Å². The average Bonchev–Trinajstić information content (AvgIpc) is 2.54. The zero-order chi connectivity index (χ0) is 17.0. The van der Waals surface area contributed by atoms with Gasteiger partial charge < -0.3 is 10.0 Å². The summed E-state index contributed by atoms with van der Waals surface area (Å²) in [5, 5.41) is 9.01. The fourth-order valence-electron chi connectivity index (χ4n) is 2.48. The number of benzene rings is 1. The second-order valence-electron chi connectivity index (χ2n) is 5.63. The molecule has 120 valence electrons. The van der Waals surface area contributed by atoms with E-state index < -0.39 is 5.97 Å². The molecule has 1 atom stereocenters. The van der Waals surface area contributed by atoms with Crippen LogP contribution in [-0.2, 0) is 0 Å². The van der Waals surface area contributed by atoms with Crippen LogP contribution >= 0.6 is 0 Å². The van der Waals surface area contributed by atoms with E-state index in [9.17, 15) is 9.59 Å². The first-order valence-corrected chi connectivity index (χ1v) is 7.41. The zero-order valence-electron chi connectivity index (χ0n) is 13.5. The second-order valence-corrected chi connectivity index (χ2v) is 5.63. The first kappa shape index (κ1) is 16.7. The van der Waals surface area contributed by atoms with Gasteiger partial charge in [0.05, 0.1) is 11.3 Å². The van der Waals surface area contributed by atoms with E-state index >= 15 is 0 Å². The summed E-state index contributed by atoms with van der Waals surface area (Å²) in [7, 11) is 1.73. The Hall–Kier alpha value is -2.69. The van der Waals surface area contributed by atoms with Gasteiger partial charge in [-0.15, -0.1) is 0 Å². The molecule has 1 aromatic heterocycles. The van der Waals surface area contributed by atoms with Crippen molar-refractivity contribution in [2.45, 2.75) is 19.8 Å². The molecule has 1 N–H and O–H groups in total. The standard InChI is InChI=1S/C18H20N2O3/c1-12(14-7-5-4-6-8-14)11-20(3)17(21)16-10-9-15(18(22)23)13(2)19-16/h4-10,12H,11H2,1-3H3,(H,22,23). The van der Waals surface area contributed by atoms with E-state index in [1.165, 1.54) is 12.1 Å². The summed E-state index contributed by atoms with van der Waals surface area (Å²) < 4.78 is 0. The lowest BCUT2D eigenvalue weighted by Gasteiger charge is -2.22. The van der Waals surface area contributed by atoms with Gasteiger partial charge in [0.25, 0.3) is 5.91 Å². The number of carbonyl (C=O) groups excluding carboxylic acids is 1. The third kappa shape index (κ3) is 3.94. The maximum absolute atomic E-state index is 12.5. The largest absolute Gasteiger partial charge is 0.478 e. The van der Waals surface area contributed by atoms with Crippen LogP contribution in [0, 0.1) is 6.92 Å². The Labute approximate surface area is 135 Å². The number of hydrogen-bond acceptors (Lipinski definition) is 3. The number of carboxylic acid groups (broad SMARTS) is 1. The summed E-state index contributed by atoms with van der Waals surface area (Å²) in [6.45, 7) is 4.21. The second kappa shape index (κ2) is 7.05. The molecule has 0 bridgehead atoms. The van der Waals surface area contributed by atoms with Gasteiger partial charge in [0, 0.05) is 13.6 Å². The molecule has 5 heteroatoms. The highest BCUT2D eigenvalue weighted by Gasteiger charge is 2.18. The molecule has 1 aromatic carbocycles. The Balaban J connectivity index is 2.11. The molecule has 0 aliphatic rings. The van der Waals surface area contributed by atoms with Crippen LogP contribution in [0.25, 0.3) is 0 Å². The molecule has 0 spiro atoms. The van der Waals surface area contributed by atoms with Gasteiger partial charge in [-0.3, -0.25) is 4.79 Å². The van der Waals surface area contributed by atoms with E-state index in [2.05, 4.69) is 11.9 Å². The summed E-state index contributed by atoms with van der Waals surface area (Å²) >= 11 is 0. The molecule has 1 unspecified atom stereocenters. The topological polar surface area (TPSA) is 70.5 Å². The fraction of sp³-hybridized carbons (Fsp3) is 0.278. The van der Waals surface area contributed by atoms with Gasteiger partial charge in [-0.2, -0.15) is 0 Å². The average molecular weight is 312 g/mol. The number of aromatic nitrogens is 1. The first-order valence-electron chi connectivity index (χ1n) is 7.41. The van der Waals surface area contributed by atoms with Crippen molar-refractivity contribution >= 4 is 11.9 Å². The Morgan fingerprint density at radius 3 is 2.39 bits per heavy atom. The van der Waals surface area contributed by atoms with E-state index in [1.54, 1.807) is 18.9 Å². The number of likely N-dealkylation sites (N-methyl/N-ethyl adjacent to an activating group) is 1. The molecular formula is C18H20N2O3. The number of carboxylic acids is 1. The highest BCUT2D eigenvalue weighted by Crippen LogP contribution is 2.17. The summed E-state index contributed by atoms with van der Waals surface area (Å²) in [6.07, 6.45) is 0. The molecule has 23 heavy (non-hydrogen) atoms. The van der Waals surface area contributed by atoms with Crippen LogP contribution in [0.5, 0.6) is 0 Å². The summed E-state index contributed by atoms with van der Waals surface area (Å²) in [6, 6.07) is 12.9. The van der Waals surface area contributed by atoms with Crippen molar-refractivity contribution in [1.82, 2.24) is 9.88 Å². The minimum Gasteiger partial charge on any atom is -0.478 e. The minimum absolute atomic E-state index is 0.113. The summed E-state index contributed by atoms with van der Waals surface area (Å²) in [4.78, 5) is 29.2. The van der Waals surface area contributed by atoms with Gasteiger partial charge in [0.1, 0.15) is 5.69 Å². The Morgan fingerprint density at radius 1 is 1.17 bits per heavy atom. The summed E-state index contributed by atoms with van der Waals surface area (Å²) in [5.41, 5.74) is 1.88. The lowest BCUT2D eigenvalue weighted by atomic mass is 10.0. The van der Waals surface area contributed by atoms with Crippen LogP contribution in [0.3, 0.4) is 0 Å². The minimum atomic E-state index is -1.04. The van der Waals surface area contributed by atoms with Crippen molar-refractivity contribution in [3.05, 3.63) is 65.0 Å². The smallest absolute Gasteiger partial charge is 0.337 e. The van der Waals surface area contributed by atoms with E-state index in [0.29, 0.717) is 12.2 Å². The van der Waals surface area contributed by atoms with Crippen molar-refractivity contribution in [2.24, 2.45) is 0 Å². The number of rotatable bonds is 5. The predicted molar refractivity (Wildman–Crippen MR) is 87.8 cm³/mol. The molecule has 0 saturated carbocycles. The van der Waals surface area contributed by atoms with Gasteiger partial charge in [0.15, 0.2) is 0 Å². The fourth-order valence-corrected chi connectivity index (χ4v) is 2.48. The lowest BCUT2D eigenvalue weighted by molar-refractivity contribution is 0.0693. The molecular weight excluding hydrogens is 292 g/mol. The van der Waals surface area contributed by atoms with E-state index in [4.69, 9.17) is 5.11 Å². The van der Waals surface area contributed by atoms with Crippen molar-refractivity contribution < 1.29 is 14.7 Å². The normalized spacial score (nSPS) is 11.8. The molecule has 0 aliphatic heterocycles. The number of carbonyl (C=O) groups is 2. The van der Waals surface area contributed by atoms with Crippen LogP contribution in [0.4, 0.5) is 0 Å². The highest BCUT2D eigenvalue weighted by atomic mass is 16.4. The number of pyridine rings is 1. The van der Waals surface area contributed by atoms with Gasteiger partial charge in [-0.25, -0.2) is 9.78 Å². The van der Waals surface area contributed by atoms with Gasteiger partial charge >= 0.3 is 5.97 Å². The number of hydrogen-bond donors (Lipinski definition) is 1. The molecule has 2 rings (SSSR count). The first-order chi connectivity index (χ1) is 10.9. The number of nitrogens with zero attached hydrogens (tertiary/aromatic N) is 2. The van der Waals surface area contributed by atoms with Crippen molar-refractivity contribution in [2.75, 3.05) is 13.6 Å². The molecule has 0 aliphatic carbocycles. The molecule has 2 aromatic rings. The SMILES string of the molecule is Cc1nc(C(=O)N(C)CC(C)c2ccccc2)ccc1C(=O)O. The molecule has 1 heterocycles. The maximum Gasteiger partial charge on any atom is 0.337 e. The maximum atomic E-state index is 12.5. The van der Waals surface area contributed by atoms with Crippen LogP contribution in [0.2, 0.25) is 0 Å². The van der Waals surface area contributed by atoms with Crippen molar-refractivity contribution in [3.63, 3.8) is 0 Å². The Morgan fingerprint density at radius 2 is 1.83 bits per heavy atom. The summed E-state index contributed by atoms with van der Waals surface area (Å²) in [5.74, 6) is -1.06. The molecule has 0 fully saturated rings. The zero-order valence-corrected chi connectivity index (χ0v) is 13.5. The molecule has 1 amide bonds. The highest BCUT2D eigenvalue weighted by molar-refractivity contribution is 5.94. The van der Waals surface area contributed by atoms with Crippen LogP contribution in [-0.4, -0.2) is 40.5 Å². The van der Waals surface area contributed by atoms with Gasteiger partial charge in [0.2, 0.25) is 0 Å².